The highest BCUT2D eigenvalue weighted by Crippen LogP contribution is 2.31. The third kappa shape index (κ3) is 5.80. The molecular formula is C23H25N3O8S2. The number of hydrogen-bond donors (Lipinski definition) is 3. The van der Waals surface area contributed by atoms with Crippen molar-refractivity contribution in [3.8, 4) is 17.2 Å². The zero-order valence-electron chi connectivity index (χ0n) is 19.9. The lowest BCUT2D eigenvalue weighted by molar-refractivity contribution is 0.0960. The molecule has 0 saturated carbocycles. The molecule has 3 N–H and O–H groups in total. The second kappa shape index (κ2) is 10.7. The second-order valence-electron chi connectivity index (χ2n) is 7.24. The predicted octanol–water partition coefficient (Wildman–Crippen LogP) is 2.67. The highest BCUT2D eigenvalue weighted by molar-refractivity contribution is 7.93. The maximum Gasteiger partial charge on any atom is 0.262 e. The fraction of sp³-hybridized carbons (Fsp3) is 0.174. The number of benzene rings is 3. The summed E-state index contributed by atoms with van der Waals surface area (Å²) >= 11 is 0. The Morgan fingerprint density at radius 3 is 1.86 bits per heavy atom. The van der Waals surface area contributed by atoms with E-state index in [1.807, 2.05) is 0 Å². The van der Waals surface area contributed by atoms with Crippen molar-refractivity contribution in [1.82, 2.24) is 5.32 Å². The lowest BCUT2D eigenvalue weighted by Gasteiger charge is -2.14. The molecule has 0 spiro atoms. The summed E-state index contributed by atoms with van der Waals surface area (Å²) in [5.74, 6) is 0.414. The second-order valence-corrected chi connectivity index (χ2v) is 10.6. The molecule has 0 atom stereocenters. The third-order valence-electron chi connectivity index (χ3n) is 5.02. The lowest BCUT2D eigenvalue weighted by atomic mass is 10.2. The van der Waals surface area contributed by atoms with Gasteiger partial charge in [0, 0.05) is 18.8 Å². The molecule has 0 aliphatic rings. The number of anilines is 2. The van der Waals surface area contributed by atoms with Crippen molar-refractivity contribution >= 4 is 37.3 Å². The number of sulfonamides is 2. The van der Waals surface area contributed by atoms with Crippen LogP contribution in [0.5, 0.6) is 17.2 Å². The van der Waals surface area contributed by atoms with Gasteiger partial charge in [0.2, 0.25) is 0 Å². The molecule has 3 rings (SSSR count). The van der Waals surface area contributed by atoms with Crippen molar-refractivity contribution in [2.75, 3.05) is 37.8 Å². The number of hydrogen-bond acceptors (Lipinski definition) is 8. The van der Waals surface area contributed by atoms with Gasteiger partial charge in [-0.3, -0.25) is 14.2 Å². The molecule has 0 saturated heterocycles. The Balaban J connectivity index is 1.84. The fourth-order valence-electron chi connectivity index (χ4n) is 3.18. The minimum Gasteiger partial charge on any atom is -0.497 e. The van der Waals surface area contributed by atoms with Crippen LogP contribution in [0.3, 0.4) is 0 Å². The van der Waals surface area contributed by atoms with Crippen LogP contribution in [0.25, 0.3) is 0 Å². The summed E-state index contributed by atoms with van der Waals surface area (Å²) in [6, 6.07) is 13.6. The highest BCUT2D eigenvalue weighted by Gasteiger charge is 2.21. The Kier molecular flexibility index (Phi) is 7.95. The van der Waals surface area contributed by atoms with Gasteiger partial charge in [-0.15, -0.1) is 0 Å². The van der Waals surface area contributed by atoms with Gasteiger partial charge in [-0.2, -0.15) is 0 Å². The monoisotopic (exact) mass is 535 g/mol. The Bertz CT molecular complexity index is 1470. The molecule has 0 radical (unpaired) electrons. The van der Waals surface area contributed by atoms with E-state index >= 15 is 0 Å². The lowest BCUT2D eigenvalue weighted by Crippen LogP contribution is -2.20. The summed E-state index contributed by atoms with van der Waals surface area (Å²) in [7, 11) is -2.50. The molecule has 13 heteroatoms. The van der Waals surface area contributed by atoms with Gasteiger partial charge in [0.15, 0.2) is 0 Å². The van der Waals surface area contributed by atoms with Gasteiger partial charge in [0.1, 0.15) is 17.2 Å². The highest BCUT2D eigenvalue weighted by atomic mass is 32.2. The van der Waals surface area contributed by atoms with E-state index in [2.05, 4.69) is 14.8 Å². The predicted molar refractivity (Wildman–Crippen MR) is 134 cm³/mol. The van der Waals surface area contributed by atoms with Crippen LogP contribution in [-0.4, -0.2) is 51.1 Å². The normalized spacial score (nSPS) is 11.3. The fourth-order valence-corrected chi connectivity index (χ4v) is 5.33. The maximum atomic E-state index is 12.9. The first-order valence-corrected chi connectivity index (χ1v) is 13.3. The first-order valence-electron chi connectivity index (χ1n) is 10.3. The number of carbonyl (C=O) groups excluding carboxylic acids is 1. The van der Waals surface area contributed by atoms with Gasteiger partial charge in [0.25, 0.3) is 26.0 Å². The molecule has 0 unspecified atom stereocenters. The first-order chi connectivity index (χ1) is 17.0. The Hall–Kier alpha value is -3.97. The summed E-state index contributed by atoms with van der Waals surface area (Å²) in [5.41, 5.74) is 0.335. The molecule has 0 fully saturated rings. The Morgan fingerprint density at radius 2 is 1.28 bits per heavy atom. The van der Waals surface area contributed by atoms with Gasteiger partial charge >= 0.3 is 0 Å². The van der Waals surface area contributed by atoms with Gasteiger partial charge < -0.3 is 19.5 Å². The number of methoxy groups -OCH3 is 3. The molecule has 3 aromatic carbocycles. The average Bonchev–Trinajstić information content (AvgIpc) is 2.87. The number of amides is 1. The molecule has 11 nitrogen and oxygen atoms in total. The summed E-state index contributed by atoms with van der Waals surface area (Å²) in [4.78, 5) is 11.8. The molecule has 1 amide bonds. The van der Waals surface area contributed by atoms with Gasteiger partial charge in [-0.1, -0.05) is 0 Å². The topological polar surface area (TPSA) is 149 Å². The minimum atomic E-state index is -4.10. The average molecular weight is 536 g/mol. The quantitative estimate of drug-likeness (QED) is 0.359. The van der Waals surface area contributed by atoms with Gasteiger partial charge in [-0.25, -0.2) is 16.8 Å². The van der Waals surface area contributed by atoms with E-state index in [4.69, 9.17) is 14.2 Å². The van der Waals surface area contributed by atoms with E-state index < -0.39 is 26.0 Å². The summed E-state index contributed by atoms with van der Waals surface area (Å²) in [6.07, 6.45) is 0. The van der Waals surface area contributed by atoms with E-state index in [1.54, 1.807) is 12.1 Å². The van der Waals surface area contributed by atoms with Crippen LogP contribution in [0.4, 0.5) is 11.4 Å². The number of ether oxygens (including phenoxy) is 3. The SMILES string of the molecule is CNC(=O)c1cc(S(=O)(=O)Nc2ccc(S(=O)(=O)Nc3cc(OC)ccc3OC)cc2)ccc1OC. The van der Waals surface area contributed by atoms with Crippen LogP contribution in [0.2, 0.25) is 0 Å². The van der Waals surface area contributed by atoms with Crippen molar-refractivity contribution in [2.24, 2.45) is 0 Å². The summed E-state index contributed by atoms with van der Waals surface area (Å²) in [6.45, 7) is 0. The van der Waals surface area contributed by atoms with Crippen LogP contribution < -0.4 is 29.0 Å². The van der Waals surface area contributed by atoms with Crippen LogP contribution in [0, 0.1) is 0 Å². The zero-order valence-corrected chi connectivity index (χ0v) is 21.5. The third-order valence-corrected chi connectivity index (χ3v) is 7.78. The van der Waals surface area contributed by atoms with E-state index in [-0.39, 0.29) is 32.5 Å². The number of carbonyl (C=O) groups is 1. The van der Waals surface area contributed by atoms with Crippen molar-refractivity contribution in [2.45, 2.75) is 9.79 Å². The molecule has 0 aliphatic heterocycles. The van der Waals surface area contributed by atoms with Crippen LogP contribution >= 0.6 is 0 Å². The maximum absolute atomic E-state index is 12.9. The van der Waals surface area contributed by atoms with Crippen LogP contribution in [-0.2, 0) is 20.0 Å². The van der Waals surface area contributed by atoms with Crippen molar-refractivity contribution in [3.63, 3.8) is 0 Å². The summed E-state index contributed by atoms with van der Waals surface area (Å²) < 4.78 is 71.8. The van der Waals surface area contributed by atoms with Gasteiger partial charge in [0.05, 0.1) is 42.4 Å². The van der Waals surface area contributed by atoms with E-state index in [1.165, 1.54) is 76.9 Å². The molecule has 3 aromatic rings. The Morgan fingerprint density at radius 1 is 0.694 bits per heavy atom. The van der Waals surface area contributed by atoms with Gasteiger partial charge in [-0.05, 0) is 54.6 Å². The Labute approximate surface area is 209 Å². The van der Waals surface area contributed by atoms with E-state index in [9.17, 15) is 21.6 Å². The largest absolute Gasteiger partial charge is 0.497 e. The zero-order chi connectivity index (χ0) is 26.5. The standard InChI is InChI=1S/C23H25N3O8S2/c1-24-23(27)19-14-18(10-12-21(19)33-3)36(30,31)25-15-5-8-17(9-6-15)35(28,29)26-20-13-16(32-2)7-11-22(20)34-4/h5-14,25-26H,1-4H3,(H,24,27). The molecule has 0 heterocycles. The summed E-state index contributed by atoms with van der Waals surface area (Å²) in [5, 5.41) is 2.42. The van der Waals surface area contributed by atoms with E-state index in [0.29, 0.717) is 11.5 Å². The van der Waals surface area contributed by atoms with E-state index in [0.717, 1.165) is 0 Å². The molecule has 0 bridgehead atoms. The minimum absolute atomic E-state index is 0.0448. The molecule has 192 valence electrons. The van der Waals surface area contributed by atoms with Crippen molar-refractivity contribution < 1.29 is 35.8 Å². The number of rotatable bonds is 10. The van der Waals surface area contributed by atoms with Crippen LogP contribution in [0.1, 0.15) is 10.4 Å². The first kappa shape index (κ1) is 26.6. The molecular weight excluding hydrogens is 510 g/mol. The molecule has 0 aliphatic carbocycles. The number of nitrogens with one attached hydrogen (secondary N) is 3. The smallest absolute Gasteiger partial charge is 0.262 e. The van der Waals surface area contributed by atoms with Crippen molar-refractivity contribution in [1.29, 1.82) is 0 Å². The molecule has 0 aromatic heterocycles. The van der Waals surface area contributed by atoms with Crippen LogP contribution in [0.15, 0.2) is 70.5 Å². The van der Waals surface area contributed by atoms with Crippen molar-refractivity contribution in [3.05, 3.63) is 66.2 Å². The molecule has 36 heavy (non-hydrogen) atoms.